The first-order valence-corrected chi connectivity index (χ1v) is 11.2. The first-order valence-electron chi connectivity index (χ1n) is 10.8. The van der Waals surface area contributed by atoms with Crippen LogP contribution in [0.3, 0.4) is 0 Å². The van der Waals surface area contributed by atoms with Gasteiger partial charge in [0, 0.05) is 17.1 Å². The molecule has 0 unspecified atom stereocenters. The number of oxime groups is 1. The maximum absolute atomic E-state index is 12.8. The molecule has 9 heteroatoms. The van der Waals surface area contributed by atoms with Crippen molar-refractivity contribution in [2.24, 2.45) is 5.16 Å². The molecule has 0 bridgehead atoms. The second-order valence-corrected chi connectivity index (χ2v) is 7.86. The van der Waals surface area contributed by atoms with Crippen LogP contribution in [0.1, 0.15) is 21.6 Å². The third-order valence-electron chi connectivity index (χ3n) is 5.46. The maximum Gasteiger partial charge on any atom is 0.367 e. The number of aromatic nitrogens is 1. The van der Waals surface area contributed by atoms with Gasteiger partial charge in [-0.05, 0) is 53.9 Å². The van der Waals surface area contributed by atoms with Gasteiger partial charge in [-0.1, -0.05) is 28.9 Å². The van der Waals surface area contributed by atoms with E-state index in [0.29, 0.717) is 39.6 Å². The monoisotopic (exact) mass is 506 g/mol. The molecule has 4 rings (SSSR count). The van der Waals surface area contributed by atoms with Crippen molar-refractivity contribution in [2.75, 3.05) is 28.4 Å². The van der Waals surface area contributed by atoms with Gasteiger partial charge in [-0.15, -0.1) is 0 Å². The van der Waals surface area contributed by atoms with Crippen LogP contribution in [0.15, 0.2) is 72.0 Å². The number of nitrogens with zero attached hydrogens (tertiary/aromatic N) is 2. The fourth-order valence-corrected chi connectivity index (χ4v) is 3.88. The molecule has 36 heavy (non-hydrogen) atoms. The van der Waals surface area contributed by atoms with E-state index in [9.17, 15) is 4.79 Å². The van der Waals surface area contributed by atoms with Gasteiger partial charge in [0.1, 0.15) is 11.4 Å². The molecule has 0 amide bonds. The van der Waals surface area contributed by atoms with Crippen molar-refractivity contribution < 1.29 is 28.6 Å². The minimum atomic E-state index is -0.710. The average molecular weight is 507 g/mol. The molecular weight excluding hydrogens is 484 g/mol. The number of benzene rings is 3. The number of halogens is 1. The summed E-state index contributed by atoms with van der Waals surface area (Å²) in [7, 11) is 6.19. The van der Waals surface area contributed by atoms with Gasteiger partial charge < -0.3 is 23.8 Å². The van der Waals surface area contributed by atoms with Gasteiger partial charge in [0.05, 0.1) is 39.0 Å². The van der Waals surface area contributed by atoms with Crippen LogP contribution in [-0.4, -0.2) is 45.1 Å². The molecule has 4 aromatic rings. The minimum Gasteiger partial charge on any atom is -0.493 e. The van der Waals surface area contributed by atoms with Gasteiger partial charge in [-0.3, -0.25) is 4.98 Å². The zero-order chi connectivity index (χ0) is 25.7. The van der Waals surface area contributed by atoms with E-state index in [4.69, 9.17) is 35.4 Å². The van der Waals surface area contributed by atoms with Crippen LogP contribution >= 0.6 is 11.6 Å². The summed E-state index contributed by atoms with van der Waals surface area (Å²) in [6, 6.07) is 17.3. The van der Waals surface area contributed by atoms with Crippen LogP contribution in [0, 0.1) is 0 Å². The summed E-state index contributed by atoms with van der Waals surface area (Å²) in [5.74, 6) is 1.37. The fourth-order valence-electron chi connectivity index (χ4n) is 3.67. The molecule has 8 nitrogen and oxygen atoms in total. The average Bonchev–Trinajstić information content (AvgIpc) is 2.92. The van der Waals surface area contributed by atoms with Gasteiger partial charge in [0.2, 0.25) is 0 Å². The molecule has 0 saturated heterocycles. The van der Waals surface area contributed by atoms with Gasteiger partial charge >= 0.3 is 5.97 Å². The number of fused-ring (bicyclic) bond motifs is 1. The van der Waals surface area contributed by atoms with Crippen molar-refractivity contribution in [3.63, 3.8) is 0 Å². The number of hydrogen-bond acceptors (Lipinski definition) is 8. The normalized spacial score (nSPS) is 11.2. The van der Waals surface area contributed by atoms with Gasteiger partial charge in [0.25, 0.3) is 0 Å². The Kier molecular flexibility index (Phi) is 7.56. The number of carbonyl (C=O) groups excluding carboxylic acids is 1. The smallest absolute Gasteiger partial charge is 0.367 e. The van der Waals surface area contributed by atoms with E-state index in [1.165, 1.54) is 7.11 Å². The number of hydrogen-bond donors (Lipinski definition) is 0. The Hall–Kier alpha value is -4.30. The fraction of sp³-hybridized carbons (Fsp3) is 0.148. The van der Waals surface area contributed by atoms with Crippen molar-refractivity contribution >= 4 is 34.1 Å². The van der Waals surface area contributed by atoms with E-state index >= 15 is 0 Å². The summed E-state index contributed by atoms with van der Waals surface area (Å²) in [6.07, 6.45) is 1.63. The molecule has 0 aliphatic heterocycles. The highest BCUT2D eigenvalue weighted by Gasteiger charge is 2.20. The minimum absolute atomic E-state index is 0.187. The zero-order valence-electron chi connectivity index (χ0n) is 20.1. The second-order valence-electron chi connectivity index (χ2n) is 7.46. The summed E-state index contributed by atoms with van der Waals surface area (Å²) in [5, 5.41) is 6.02. The molecule has 0 atom stereocenters. The predicted octanol–water partition coefficient (Wildman–Crippen LogP) is 5.53. The summed E-state index contributed by atoms with van der Waals surface area (Å²) in [5.41, 5.74) is 1.50. The number of methoxy groups -OCH3 is 4. The Balaban J connectivity index is 1.90. The molecule has 184 valence electrons. The highest BCUT2D eigenvalue weighted by molar-refractivity contribution is 6.33. The molecular formula is C27H23ClN2O6. The van der Waals surface area contributed by atoms with E-state index in [1.807, 2.05) is 12.1 Å². The lowest BCUT2D eigenvalue weighted by atomic mass is 10.0. The molecule has 0 aliphatic carbocycles. The third-order valence-corrected chi connectivity index (χ3v) is 5.79. The lowest BCUT2D eigenvalue weighted by Crippen LogP contribution is -2.11. The van der Waals surface area contributed by atoms with Gasteiger partial charge in [-0.25, -0.2) is 4.79 Å². The maximum atomic E-state index is 12.8. The Morgan fingerprint density at radius 2 is 1.47 bits per heavy atom. The van der Waals surface area contributed by atoms with E-state index in [-0.39, 0.29) is 16.3 Å². The third kappa shape index (κ3) is 4.89. The summed E-state index contributed by atoms with van der Waals surface area (Å²) in [6.45, 7) is 0. The largest absolute Gasteiger partial charge is 0.493 e. The van der Waals surface area contributed by atoms with Gasteiger partial charge in [0.15, 0.2) is 23.0 Å². The molecule has 0 radical (unpaired) electrons. The number of rotatable bonds is 8. The molecule has 1 heterocycles. The lowest BCUT2D eigenvalue weighted by Gasteiger charge is -2.14. The molecule has 0 spiro atoms. The van der Waals surface area contributed by atoms with Crippen LogP contribution in [-0.2, 0) is 4.84 Å². The lowest BCUT2D eigenvalue weighted by molar-refractivity contribution is 0.0517. The summed E-state index contributed by atoms with van der Waals surface area (Å²) >= 11 is 6.16. The van der Waals surface area contributed by atoms with Crippen molar-refractivity contribution in [1.29, 1.82) is 0 Å². The number of ether oxygens (including phenoxy) is 4. The molecule has 0 aliphatic rings. The SMILES string of the molecule is COc1ccc(C(=NOC(=O)c2ccccc2Cl)c2nccc3cc(OC)c(OC)cc23)cc1OC. The van der Waals surface area contributed by atoms with Crippen molar-refractivity contribution in [2.45, 2.75) is 0 Å². The van der Waals surface area contributed by atoms with Crippen molar-refractivity contribution in [3.8, 4) is 23.0 Å². The predicted molar refractivity (Wildman–Crippen MR) is 137 cm³/mol. The van der Waals surface area contributed by atoms with E-state index in [1.54, 1.807) is 76.1 Å². The van der Waals surface area contributed by atoms with Crippen LogP contribution < -0.4 is 18.9 Å². The quantitative estimate of drug-likeness (QED) is 0.176. The van der Waals surface area contributed by atoms with E-state index < -0.39 is 5.97 Å². The van der Waals surface area contributed by atoms with E-state index in [2.05, 4.69) is 10.1 Å². The summed E-state index contributed by atoms with van der Waals surface area (Å²) in [4.78, 5) is 22.7. The number of carbonyl (C=O) groups is 1. The van der Waals surface area contributed by atoms with Crippen molar-refractivity contribution in [1.82, 2.24) is 4.98 Å². The zero-order valence-corrected chi connectivity index (χ0v) is 20.8. The molecule has 0 N–H and O–H groups in total. The summed E-state index contributed by atoms with van der Waals surface area (Å²) < 4.78 is 21.8. The first kappa shape index (κ1) is 24.8. The topological polar surface area (TPSA) is 88.5 Å². The Morgan fingerprint density at radius 3 is 2.17 bits per heavy atom. The Labute approximate surface area is 213 Å². The molecule has 3 aromatic carbocycles. The highest BCUT2D eigenvalue weighted by atomic mass is 35.5. The van der Waals surface area contributed by atoms with Crippen LogP contribution in [0.25, 0.3) is 10.8 Å². The van der Waals surface area contributed by atoms with Crippen LogP contribution in [0.4, 0.5) is 0 Å². The molecule has 0 saturated carbocycles. The number of pyridine rings is 1. The molecule has 1 aromatic heterocycles. The van der Waals surface area contributed by atoms with Crippen LogP contribution in [0.5, 0.6) is 23.0 Å². The second kappa shape index (κ2) is 11.0. The van der Waals surface area contributed by atoms with Gasteiger partial charge in [-0.2, -0.15) is 0 Å². The Bertz CT molecular complexity index is 1450. The van der Waals surface area contributed by atoms with Crippen molar-refractivity contribution in [3.05, 3.63) is 88.7 Å². The first-order chi connectivity index (χ1) is 17.5. The molecule has 0 fully saturated rings. The van der Waals surface area contributed by atoms with E-state index in [0.717, 1.165) is 5.39 Å². The van der Waals surface area contributed by atoms with Crippen LogP contribution in [0.2, 0.25) is 5.02 Å². The Morgan fingerprint density at radius 1 is 0.806 bits per heavy atom. The highest BCUT2D eigenvalue weighted by Crippen LogP contribution is 2.35. The standard InChI is InChI=1S/C27H23ClN2O6/c1-32-21-10-9-17(14-22(21)33-2)25(30-36-27(31)18-7-5-6-8-20(18)28)26-19-15-24(35-4)23(34-3)13-16(19)11-12-29-26/h5-15H,1-4H3.